The fourth-order valence-corrected chi connectivity index (χ4v) is 3.63. The predicted molar refractivity (Wildman–Crippen MR) is 119 cm³/mol. The minimum Gasteiger partial charge on any atom is -0.494 e. The summed E-state index contributed by atoms with van der Waals surface area (Å²) in [7, 11) is 1.45. The molecule has 0 bridgehead atoms. The standard InChI is InChI=1S/C20H18ClF2N9O2/c1-33-13-4-2-3-12-14(13)27-16(15(22)23)32(12)20-29-18(26-11-9-24-17(21)25-10-11)28-19(30-20)31-5-7-34-8-6-31/h2-4,9-10,15H,5-8H2,1H3,(H,26,28,29,30). The zero-order valence-corrected chi connectivity index (χ0v) is 18.6. The largest absolute Gasteiger partial charge is 0.494 e. The molecule has 0 saturated carbocycles. The Morgan fingerprint density at radius 1 is 1.06 bits per heavy atom. The van der Waals surface area contributed by atoms with Crippen molar-refractivity contribution in [3.05, 3.63) is 41.7 Å². The highest BCUT2D eigenvalue weighted by Crippen LogP contribution is 2.32. The SMILES string of the molecule is COc1cccc2c1nc(C(F)F)n2-c1nc(Nc2cnc(Cl)nc2)nc(N2CCOCC2)n1. The molecule has 0 spiro atoms. The van der Waals surface area contributed by atoms with Gasteiger partial charge in [-0.25, -0.2) is 23.7 Å². The third kappa shape index (κ3) is 4.26. The lowest BCUT2D eigenvalue weighted by Gasteiger charge is -2.27. The van der Waals surface area contributed by atoms with Crippen molar-refractivity contribution in [1.82, 2.24) is 34.5 Å². The van der Waals surface area contributed by atoms with Gasteiger partial charge in [0.25, 0.3) is 6.43 Å². The number of nitrogens with zero attached hydrogens (tertiary/aromatic N) is 8. The summed E-state index contributed by atoms with van der Waals surface area (Å²) in [5.74, 6) is 0.231. The molecule has 0 radical (unpaired) electrons. The monoisotopic (exact) mass is 489 g/mol. The summed E-state index contributed by atoms with van der Waals surface area (Å²) in [4.78, 5) is 27.2. The molecule has 0 amide bonds. The number of hydrogen-bond acceptors (Lipinski definition) is 10. The number of nitrogens with one attached hydrogen (secondary N) is 1. The smallest absolute Gasteiger partial charge is 0.296 e. The van der Waals surface area contributed by atoms with E-state index < -0.39 is 12.2 Å². The maximum atomic E-state index is 14.1. The van der Waals surface area contributed by atoms with E-state index in [4.69, 9.17) is 21.1 Å². The van der Waals surface area contributed by atoms with Gasteiger partial charge in [-0.15, -0.1) is 0 Å². The zero-order valence-electron chi connectivity index (χ0n) is 17.8. The normalized spacial score (nSPS) is 14.1. The highest BCUT2D eigenvalue weighted by atomic mass is 35.5. The van der Waals surface area contributed by atoms with Crippen LogP contribution in [0.3, 0.4) is 0 Å². The highest BCUT2D eigenvalue weighted by molar-refractivity contribution is 6.28. The van der Waals surface area contributed by atoms with Crippen molar-refractivity contribution in [1.29, 1.82) is 0 Å². The Morgan fingerprint density at radius 2 is 1.79 bits per heavy atom. The Bertz CT molecular complexity index is 1310. The third-order valence-electron chi connectivity index (χ3n) is 5.07. The Kier molecular flexibility index (Phi) is 6.02. The van der Waals surface area contributed by atoms with Gasteiger partial charge in [-0.1, -0.05) is 6.07 Å². The van der Waals surface area contributed by atoms with Crippen molar-refractivity contribution in [2.24, 2.45) is 0 Å². The Labute approximate surface area is 196 Å². The van der Waals surface area contributed by atoms with Gasteiger partial charge in [-0.3, -0.25) is 4.57 Å². The van der Waals surface area contributed by atoms with Crippen molar-refractivity contribution in [3.8, 4) is 11.7 Å². The van der Waals surface area contributed by atoms with Gasteiger partial charge < -0.3 is 19.7 Å². The van der Waals surface area contributed by atoms with E-state index in [0.717, 1.165) is 0 Å². The van der Waals surface area contributed by atoms with Crippen LogP contribution in [0.5, 0.6) is 5.75 Å². The Balaban J connectivity index is 1.68. The molecule has 3 aromatic heterocycles. The minimum absolute atomic E-state index is 0.0278. The second-order valence-electron chi connectivity index (χ2n) is 7.16. The topological polar surface area (TPSA) is 116 Å². The first-order valence-corrected chi connectivity index (χ1v) is 10.6. The summed E-state index contributed by atoms with van der Waals surface area (Å²) in [6.45, 7) is 2.05. The average molecular weight is 490 g/mol. The molecule has 0 atom stereocenters. The number of benzene rings is 1. The molecular formula is C20H18ClF2N9O2. The first kappa shape index (κ1) is 22.1. The van der Waals surface area contributed by atoms with E-state index in [-0.39, 0.29) is 22.7 Å². The number of morpholine rings is 1. The number of alkyl halides is 2. The van der Waals surface area contributed by atoms with Crippen molar-refractivity contribution < 1.29 is 18.3 Å². The van der Waals surface area contributed by atoms with Gasteiger partial charge in [-0.2, -0.15) is 15.0 Å². The highest BCUT2D eigenvalue weighted by Gasteiger charge is 2.25. The van der Waals surface area contributed by atoms with Crippen molar-refractivity contribution in [2.45, 2.75) is 6.43 Å². The van der Waals surface area contributed by atoms with Gasteiger partial charge in [0.2, 0.25) is 23.1 Å². The molecule has 34 heavy (non-hydrogen) atoms. The van der Waals surface area contributed by atoms with Gasteiger partial charge in [0.1, 0.15) is 11.3 Å². The van der Waals surface area contributed by atoms with Gasteiger partial charge in [0, 0.05) is 13.1 Å². The van der Waals surface area contributed by atoms with Crippen LogP contribution in [0, 0.1) is 0 Å². The maximum absolute atomic E-state index is 14.1. The Morgan fingerprint density at radius 3 is 2.50 bits per heavy atom. The second kappa shape index (κ2) is 9.27. The van der Waals surface area contributed by atoms with Crippen LogP contribution < -0.4 is 15.0 Å². The van der Waals surface area contributed by atoms with Crippen LogP contribution in [0.2, 0.25) is 5.28 Å². The van der Waals surface area contributed by atoms with Crippen LogP contribution in [0.15, 0.2) is 30.6 Å². The molecule has 176 valence electrons. The van der Waals surface area contributed by atoms with Crippen molar-refractivity contribution >= 4 is 40.2 Å². The molecule has 4 heterocycles. The number of rotatable bonds is 6. The molecule has 1 aliphatic heterocycles. The quantitative estimate of drug-likeness (QED) is 0.405. The molecule has 1 N–H and O–H groups in total. The number of ether oxygens (including phenoxy) is 2. The number of halogens is 3. The summed E-state index contributed by atoms with van der Waals surface area (Å²) < 4.78 is 40.0. The number of para-hydroxylation sites is 1. The number of anilines is 3. The van der Waals surface area contributed by atoms with E-state index in [1.807, 2.05) is 4.90 Å². The summed E-state index contributed by atoms with van der Waals surface area (Å²) in [6.07, 6.45) is 0.0200. The summed E-state index contributed by atoms with van der Waals surface area (Å²) in [5.41, 5.74) is 1.10. The van der Waals surface area contributed by atoms with E-state index in [2.05, 4.69) is 35.2 Å². The molecule has 1 aromatic carbocycles. The van der Waals surface area contributed by atoms with Gasteiger partial charge >= 0.3 is 0 Å². The lowest BCUT2D eigenvalue weighted by molar-refractivity contribution is 0.122. The molecule has 1 saturated heterocycles. The minimum atomic E-state index is -2.89. The fraction of sp³-hybridized carbons (Fsp3) is 0.300. The van der Waals surface area contributed by atoms with E-state index in [0.29, 0.717) is 49.2 Å². The van der Waals surface area contributed by atoms with Gasteiger partial charge in [-0.05, 0) is 23.7 Å². The molecular weight excluding hydrogens is 472 g/mol. The first-order valence-electron chi connectivity index (χ1n) is 10.2. The second-order valence-corrected chi connectivity index (χ2v) is 7.50. The molecule has 5 rings (SSSR count). The number of methoxy groups -OCH3 is 1. The first-order chi connectivity index (χ1) is 16.5. The van der Waals surface area contributed by atoms with Crippen molar-refractivity contribution in [2.75, 3.05) is 43.6 Å². The summed E-state index contributed by atoms with van der Waals surface area (Å²) in [5, 5.41) is 3.06. The van der Waals surface area contributed by atoms with E-state index in [9.17, 15) is 8.78 Å². The Hall–Kier alpha value is -3.71. The average Bonchev–Trinajstić information content (AvgIpc) is 3.26. The molecule has 4 aromatic rings. The lowest BCUT2D eigenvalue weighted by atomic mass is 10.3. The summed E-state index contributed by atoms with van der Waals surface area (Å²) >= 11 is 5.76. The molecule has 1 fully saturated rings. The van der Waals surface area contributed by atoms with Gasteiger partial charge in [0.05, 0.1) is 43.9 Å². The van der Waals surface area contributed by atoms with E-state index in [1.54, 1.807) is 18.2 Å². The predicted octanol–water partition coefficient (Wildman–Crippen LogP) is 3.18. The van der Waals surface area contributed by atoms with Crippen LogP contribution >= 0.6 is 11.6 Å². The number of fused-ring (bicyclic) bond motifs is 1. The van der Waals surface area contributed by atoms with E-state index >= 15 is 0 Å². The van der Waals surface area contributed by atoms with Crippen LogP contribution in [-0.2, 0) is 4.74 Å². The van der Waals surface area contributed by atoms with E-state index in [1.165, 1.54) is 24.1 Å². The van der Waals surface area contributed by atoms with Crippen LogP contribution in [0.4, 0.5) is 26.4 Å². The lowest BCUT2D eigenvalue weighted by Crippen LogP contribution is -2.37. The van der Waals surface area contributed by atoms with Crippen LogP contribution in [0.25, 0.3) is 17.0 Å². The number of imidazole rings is 1. The number of hydrogen-bond donors (Lipinski definition) is 1. The zero-order chi connectivity index (χ0) is 23.7. The van der Waals surface area contributed by atoms with Crippen LogP contribution in [0.1, 0.15) is 12.2 Å². The number of aromatic nitrogens is 7. The maximum Gasteiger partial charge on any atom is 0.296 e. The van der Waals surface area contributed by atoms with Crippen molar-refractivity contribution in [3.63, 3.8) is 0 Å². The van der Waals surface area contributed by atoms with Gasteiger partial charge in [0.15, 0.2) is 5.82 Å². The third-order valence-corrected chi connectivity index (χ3v) is 5.27. The van der Waals surface area contributed by atoms with Crippen LogP contribution in [-0.4, -0.2) is 67.9 Å². The molecule has 0 unspecified atom stereocenters. The molecule has 11 nitrogen and oxygen atoms in total. The molecule has 1 aliphatic rings. The molecule has 0 aliphatic carbocycles. The molecule has 14 heteroatoms. The fourth-order valence-electron chi connectivity index (χ4n) is 3.53. The summed E-state index contributed by atoms with van der Waals surface area (Å²) in [6, 6.07) is 4.98.